The predicted octanol–water partition coefficient (Wildman–Crippen LogP) is 8.32. The van der Waals surface area contributed by atoms with Crippen molar-refractivity contribution in [2.24, 2.45) is 17.0 Å². The van der Waals surface area contributed by atoms with Crippen molar-refractivity contribution in [3.8, 4) is 17.0 Å². The van der Waals surface area contributed by atoms with Crippen molar-refractivity contribution in [1.29, 1.82) is 0 Å². The summed E-state index contributed by atoms with van der Waals surface area (Å²) in [5.41, 5.74) is 3.02. The minimum atomic E-state index is 0.0457. The van der Waals surface area contributed by atoms with Gasteiger partial charge in [-0.15, -0.1) is 0 Å². The Morgan fingerprint density at radius 1 is 1.11 bits per heavy atom. The molecule has 1 heterocycles. The van der Waals surface area contributed by atoms with Crippen LogP contribution in [0.25, 0.3) is 17.3 Å². The number of allylic oxidation sites excluding steroid dienone is 1. The molecule has 2 aliphatic rings. The number of hydrogen-bond donors (Lipinski definition) is 1. The molecule has 5 nitrogen and oxygen atoms in total. The van der Waals surface area contributed by atoms with Crippen molar-refractivity contribution < 1.29 is 14.1 Å². The Hall–Kier alpha value is -1.96. The predicted molar refractivity (Wildman–Crippen MR) is 146 cm³/mol. The van der Waals surface area contributed by atoms with Crippen LogP contribution in [0.1, 0.15) is 54.9 Å². The first-order valence-electron chi connectivity index (χ1n) is 11.9. The quantitative estimate of drug-likeness (QED) is 0.278. The highest BCUT2D eigenvalue weighted by molar-refractivity contribution is 8.11. The summed E-state index contributed by atoms with van der Waals surface area (Å²) < 4.78 is 11.8. The minimum Gasteiger partial charge on any atom is -0.489 e. The van der Waals surface area contributed by atoms with Crippen LogP contribution in [0.4, 0.5) is 0 Å². The Morgan fingerprint density at radius 2 is 1.89 bits per heavy atom. The summed E-state index contributed by atoms with van der Waals surface area (Å²) in [5.74, 6) is 2.21. The fraction of sp³-hybridized carbons (Fsp3) is 0.333. The standard InChI is InChI=1S/C27H25Cl3N2O3S/c28-21-2-1-3-22(29)24(21)25-20(26(35-32-25)17-8-9-17)14-34-19-11-10-16(23(30)13-19)6-4-15-5-7-18(12-15)27(33)36-31/h1-4,6,10-11,13,15,17-18H,5,7-9,12,14,31H2/b6-4+. The molecule has 36 heavy (non-hydrogen) atoms. The molecule has 0 saturated heterocycles. The monoisotopic (exact) mass is 562 g/mol. The highest BCUT2D eigenvalue weighted by Gasteiger charge is 2.34. The van der Waals surface area contributed by atoms with Crippen molar-refractivity contribution in [3.63, 3.8) is 0 Å². The maximum atomic E-state index is 11.8. The third kappa shape index (κ3) is 5.63. The molecule has 2 aliphatic carbocycles. The van der Waals surface area contributed by atoms with E-state index in [2.05, 4.69) is 11.2 Å². The lowest BCUT2D eigenvalue weighted by Crippen LogP contribution is -2.08. The average molecular weight is 564 g/mol. The normalized spacial score (nSPS) is 19.8. The van der Waals surface area contributed by atoms with Crippen LogP contribution in [-0.2, 0) is 11.4 Å². The largest absolute Gasteiger partial charge is 0.489 e. The summed E-state index contributed by atoms with van der Waals surface area (Å²) in [6.07, 6.45) is 8.96. The van der Waals surface area contributed by atoms with E-state index in [4.69, 9.17) is 49.2 Å². The Morgan fingerprint density at radius 3 is 2.58 bits per heavy atom. The van der Waals surface area contributed by atoms with Gasteiger partial charge in [0.15, 0.2) is 0 Å². The van der Waals surface area contributed by atoms with Crippen molar-refractivity contribution >= 4 is 57.9 Å². The van der Waals surface area contributed by atoms with Gasteiger partial charge >= 0.3 is 0 Å². The second-order valence-electron chi connectivity index (χ2n) is 9.28. The number of hydrogen-bond acceptors (Lipinski definition) is 6. The summed E-state index contributed by atoms with van der Waals surface area (Å²) in [7, 11) is 0. The SMILES string of the molecule is NSC(=O)C1CCC(/C=C/c2ccc(OCc3c(-c4c(Cl)cccc4Cl)noc3C3CC3)cc2Cl)C1. The number of carbonyl (C=O) groups is 1. The smallest absolute Gasteiger partial charge is 0.206 e. The summed E-state index contributed by atoms with van der Waals surface area (Å²) >= 11 is 20.3. The van der Waals surface area contributed by atoms with Crippen LogP contribution in [0.2, 0.25) is 15.1 Å². The summed E-state index contributed by atoms with van der Waals surface area (Å²) in [6.45, 7) is 0.258. The van der Waals surface area contributed by atoms with Gasteiger partial charge in [-0.3, -0.25) is 9.93 Å². The highest BCUT2D eigenvalue weighted by Crippen LogP contribution is 2.46. The van der Waals surface area contributed by atoms with Gasteiger partial charge in [0.1, 0.15) is 23.8 Å². The first-order valence-corrected chi connectivity index (χ1v) is 13.9. The molecule has 0 radical (unpaired) electrons. The highest BCUT2D eigenvalue weighted by atomic mass is 35.5. The molecular weight excluding hydrogens is 539 g/mol. The third-order valence-corrected chi connectivity index (χ3v) is 8.31. The van der Waals surface area contributed by atoms with E-state index in [0.717, 1.165) is 60.9 Å². The van der Waals surface area contributed by atoms with Crippen LogP contribution in [-0.4, -0.2) is 10.3 Å². The van der Waals surface area contributed by atoms with Gasteiger partial charge in [0.2, 0.25) is 5.12 Å². The van der Waals surface area contributed by atoms with Crippen LogP contribution >= 0.6 is 46.8 Å². The minimum absolute atomic E-state index is 0.0457. The van der Waals surface area contributed by atoms with E-state index in [9.17, 15) is 4.79 Å². The van der Waals surface area contributed by atoms with Gasteiger partial charge in [-0.1, -0.05) is 58.2 Å². The lowest BCUT2D eigenvalue weighted by atomic mass is 10.0. The Bertz CT molecular complexity index is 1290. The van der Waals surface area contributed by atoms with Crippen LogP contribution in [0.3, 0.4) is 0 Å². The fourth-order valence-electron chi connectivity index (χ4n) is 4.68. The van der Waals surface area contributed by atoms with E-state index in [0.29, 0.717) is 43.9 Å². The number of rotatable bonds is 8. The average Bonchev–Trinajstić information content (AvgIpc) is 3.45. The number of benzene rings is 2. The molecule has 0 bridgehead atoms. The number of aromatic nitrogens is 1. The lowest BCUT2D eigenvalue weighted by molar-refractivity contribution is -0.114. The van der Waals surface area contributed by atoms with Crippen LogP contribution in [0.5, 0.6) is 5.75 Å². The van der Waals surface area contributed by atoms with Gasteiger partial charge < -0.3 is 9.26 Å². The van der Waals surface area contributed by atoms with Gasteiger partial charge in [-0.25, -0.2) is 0 Å². The van der Waals surface area contributed by atoms with E-state index in [1.165, 1.54) is 0 Å². The summed E-state index contributed by atoms with van der Waals surface area (Å²) in [5, 5.41) is 11.4. The van der Waals surface area contributed by atoms with Crippen LogP contribution in [0.15, 0.2) is 47.0 Å². The summed E-state index contributed by atoms with van der Waals surface area (Å²) in [4.78, 5) is 11.8. The van der Waals surface area contributed by atoms with Crippen LogP contribution < -0.4 is 9.88 Å². The van der Waals surface area contributed by atoms with Gasteiger partial charge in [0, 0.05) is 17.4 Å². The number of ether oxygens (including phenoxy) is 1. The number of nitrogens with two attached hydrogens (primary N) is 1. The van der Waals surface area contributed by atoms with E-state index in [-0.39, 0.29) is 17.6 Å². The molecule has 2 saturated carbocycles. The fourth-order valence-corrected chi connectivity index (χ4v) is 5.89. The van der Waals surface area contributed by atoms with Crippen LogP contribution in [0, 0.1) is 11.8 Å². The summed E-state index contributed by atoms with van der Waals surface area (Å²) in [6, 6.07) is 11.0. The number of carbonyl (C=O) groups excluding carboxylic acids is 1. The van der Waals surface area contributed by atoms with Crippen molar-refractivity contribution in [3.05, 3.63) is 74.4 Å². The number of nitrogens with zero attached hydrogens (tertiary/aromatic N) is 1. The molecule has 0 amide bonds. The second-order valence-corrected chi connectivity index (χ2v) is 11.1. The topological polar surface area (TPSA) is 78.4 Å². The van der Waals surface area contributed by atoms with Gasteiger partial charge in [-0.05, 0) is 85.9 Å². The van der Waals surface area contributed by atoms with Crippen molar-refractivity contribution in [2.45, 2.75) is 44.6 Å². The molecule has 0 spiro atoms. The maximum Gasteiger partial charge on any atom is 0.206 e. The Labute approximate surface area is 229 Å². The molecular formula is C27H25Cl3N2O3S. The van der Waals surface area contributed by atoms with Gasteiger partial charge in [-0.2, -0.15) is 0 Å². The Kier molecular flexibility index (Phi) is 7.99. The van der Waals surface area contributed by atoms with E-state index in [1.807, 2.05) is 18.2 Å². The zero-order valence-corrected chi connectivity index (χ0v) is 22.5. The van der Waals surface area contributed by atoms with E-state index in [1.54, 1.807) is 24.3 Å². The zero-order chi connectivity index (χ0) is 25.2. The molecule has 5 rings (SSSR count). The lowest BCUT2D eigenvalue weighted by Gasteiger charge is -2.10. The maximum absolute atomic E-state index is 11.8. The first-order chi connectivity index (χ1) is 17.4. The number of halogens is 3. The van der Waals surface area contributed by atoms with E-state index < -0.39 is 0 Å². The molecule has 188 valence electrons. The van der Waals surface area contributed by atoms with E-state index >= 15 is 0 Å². The van der Waals surface area contributed by atoms with Crippen molar-refractivity contribution in [2.75, 3.05) is 0 Å². The van der Waals surface area contributed by atoms with Gasteiger partial charge in [0.05, 0.1) is 20.6 Å². The molecule has 0 aliphatic heterocycles. The second kappa shape index (κ2) is 11.2. The zero-order valence-electron chi connectivity index (χ0n) is 19.4. The Balaban J connectivity index is 1.30. The first kappa shape index (κ1) is 25.7. The molecule has 3 aromatic rings. The molecule has 2 aromatic carbocycles. The molecule has 9 heteroatoms. The third-order valence-electron chi connectivity index (χ3n) is 6.79. The molecule has 2 atom stereocenters. The van der Waals surface area contributed by atoms with Gasteiger partial charge in [0.25, 0.3) is 0 Å². The van der Waals surface area contributed by atoms with Crippen molar-refractivity contribution in [1.82, 2.24) is 5.16 Å². The molecule has 2 unspecified atom stereocenters. The molecule has 2 N–H and O–H groups in total. The molecule has 2 fully saturated rings. The molecule has 1 aromatic heterocycles.